The standard InChI is InChI=1S/C12H15BrN4OS/c1-19-12-14-4-9(13)10(16-12)17-5-7(6-17)11(18)15-8-2-3-8/h4,7-8H,2-3,5-6H2,1H3,(H,15,18). The molecule has 102 valence electrons. The van der Waals surface area contributed by atoms with Gasteiger partial charge >= 0.3 is 0 Å². The molecule has 1 aliphatic heterocycles. The Morgan fingerprint density at radius 2 is 2.26 bits per heavy atom. The summed E-state index contributed by atoms with van der Waals surface area (Å²) in [5, 5.41) is 3.80. The summed E-state index contributed by atoms with van der Waals surface area (Å²) < 4.78 is 0.881. The molecule has 2 aliphatic rings. The van der Waals surface area contributed by atoms with Crippen molar-refractivity contribution in [2.24, 2.45) is 5.92 Å². The van der Waals surface area contributed by atoms with Gasteiger partial charge in [0.2, 0.25) is 5.91 Å². The van der Waals surface area contributed by atoms with Gasteiger partial charge in [-0.15, -0.1) is 0 Å². The molecule has 1 aliphatic carbocycles. The summed E-state index contributed by atoms with van der Waals surface area (Å²) in [7, 11) is 0. The molecular formula is C12H15BrN4OS. The van der Waals surface area contributed by atoms with Crippen molar-refractivity contribution >= 4 is 39.4 Å². The number of aromatic nitrogens is 2. The Bertz CT molecular complexity index is 503. The van der Waals surface area contributed by atoms with Crippen LogP contribution in [0.25, 0.3) is 0 Å². The quantitative estimate of drug-likeness (QED) is 0.666. The first kappa shape index (κ1) is 13.2. The van der Waals surface area contributed by atoms with E-state index in [-0.39, 0.29) is 11.8 Å². The fraction of sp³-hybridized carbons (Fsp3) is 0.583. The van der Waals surface area contributed by atoms with Gasteiger partial charge in [-0.05, 0) is 35.0 Å². The number of hydrogen-bond acceptors (Lipinski definition) is 5. The van der Waals surface area contributed by atoms with Crippen molar-refractivity contribution in [2.45, 2.75) is 24.0 Å². The Morgan fingerprint density at radius 1 is 1.53 bits per heavy atom. The molecule has 1 aromatic rings. The Morgan fingerprint density at radius 3 is 2.89 bits per heavy atom. The third-order valence-electron chi connectivity index (χ3n) is 3.36. The molecular weight excluding hydrogens is 328 g/mol. The number of carbonyl (C=O) groups excluding carboxylic acids is 1. The van der Waals surface area contributed by atoms with Crippen molar-refractivity contribution in [2.75, 3.05) is 24.2 Å². The third-order valence-corrected chi connectivity index (χ3v) is 4.48. The van der Waals surface area contributed by atoms with E-state index in [0.29, 0.717) is 6.04 Å². The second-order valence-electron chi connectivity index (χ2n) is 4.91. The van der Waals surface area contributed by atoms with E-state index < -0.39 is 0 Å². The highest BCUT2D eigenvalue weighted by Gasteiger charge is 2.36. The zero-order valence-electron chi connectivity index (χ0n) is 10.6. The minimum Gasteiger partial charge on any atom is -0.354 e. The summed E-state index contributed by atoms with van der Waals surface area (Å²) >= 11 is 4.98. The van der Waals surface area contributed by atoms with E-state index >= 15 is 0 Å². The average Bonchev–Trinajstić information content (AvgIpc) is 3.13. The van der Waals surface area contributed by atoms with Gasteiger partial charge in [0.15, 0.2) is 5.16 Å². The lowest BCUT2D eigenvalue weighted by molar-refractivity contribution is -0.125. The van der Waals surface area contributed by atoms with Crippen LogP contribution in [0.5, 0.6) is 0 Å². The summed E-state index contributed by atoms with van der Waals surface area (Å²) in [6.45, 7) is 1.48. The van der Waals surface area contributed by atoms with Gasteiger partial charge in [-0.3, -0.25) is 4.79 Å². The van der Waals surface area contributed by atoms with Crippen LogP contribution in [0.1, 0.15) is 12.8 Å². The van der Waals surface area contributed by atoms with Gasteiger partial charge in [-0.25, -0.2) is 9.97 Å². The summed E-state index contributed by atoms with van der Waals surface area (Å²) in [6, 6.07) is 0.440. The highest BCUT2D eigenvalue weighted by atomic mass is 79.9. The first-order valence-corrected chi connectivity index (χ1v) is 8.31. The van der Waals surface area contributed by atoms with E-state index in [4.69, 9.17) is 0 Å². The monoisotopic (exact) mass is 342 g/mol. The third kappa shape index (κ3) is 2.86. The van der Waals surface area contributed by atoms with Crippen LogP contribution in [0.4, 0.5) is 5.82 Å². The largest absolute Gasteiger partial charge is 0.354 e. The summed E-state index contributed by atoms with van der Waals surface area (Å²) in [4.78, 5) is 22.7. The number of anilines is 1. The number of halogens is 1. The number of carbonyl (C=O) groups is 1. The molecule has 2 fully saturated rings. The van der Waals surface area contributed by atoms with Gasteiger partial charge in [0.1, 0.15) is 5.82 Å². The Labute approximate surface area is 124 Å². The van der Waals surface area contributed by atoms with Crippen LogP contribution in [0.15, 0.2) is 15.8 Å². The smallest absolute Gasteiger partial charge is 0.226 e. The van der Waals surface area contributed by atoms with E-state index in [1.165, 1.54) is 11.8 Å². The van der Waals surface area contributed by atoms with Crippen LogP contribution < -0.4 is 10.2 Å². The number of nitrogens with one attached hydrogen (secondary N) is 1. The van der Waals surface area contributed by atoms with Gasteiger partial charge in [-0.1, -0.05) is 11.8 Å². The molecule has 0 radical (unpaired) electrons. The minimum absolute atomic E-state index is 0.0974. The van der Waals surface area contributed by atoms with Crippen molar-refractivity contribution in [1.29, 1.82) is 0 Å². The summed E-state index contributed by atoms with van der Waals surface area (Å²) in [5.41, 5.74) is 0. The van der Waals surface area contributed by atoms with Crippen LogP contribution in [0.3, 0.4) is 0 Å². The predicted molar refractivity (Wildman–Crippen MR) is 78.4 cm³/mol. The maximum Gasteiger partial charge on any atom is 0.226 e. The van der Waals surface area contributed by atoms with Crippen LogP contribution in [-0.4, -0.2) is 41.3 Å². The van der Waals surface area contributed by atoms with Crippen LogP contribution in [0, 0.1) is 5.92 Å². The first-order chi connectivity index (χ1) is 9.17. The van der Waals surface area contributed by atoms with Gasteiger partial charge in [-0.2, -0.15) is 0 Å². The molecule has 1 aromatic heterocycles. The number of amides is 1. The van der Waals surface area contributed by atoms with Crippen molar-refractivity contribution in [1.82, 2.24) is 15.3 Å². The highest BCUT2D eigenvalue weighted by molar-refractivity contribution is 9.10. The maximum absolute atomic E-state index is 11.9. The zero-order chi connectivity index (χ0) is 13.4. The topological polar surface area (TPSA) is 58.1 Å². The van der Waals surface area contributed by atoms with Crippen molar-refractivity contribution in [3.8, 4) is 0 Å². The number of nitrogens with zero attached hydrogens (tertiary/aromatic N) is 3. The second-order valence-corrected chi connectivity index (χ2v) is 6.54. The van der Waals surface area contributed by atoms with Crippen LogP contribution in [0.2, 0.25) is 0 Å². The van der Waals surface area contributed by atoms with Crippen LogP contribution >= 0.6 is 27.7 Å². The average molecular weight is 343 g/mol. The molecule has 1 saturated heterocycles. The lowest BCUT2D eigenvalue weighted by Gasteiger charge is -2.39. The Balaban J connectivity index is 1.61. The fourth-order valence-corrected chi connectivity index (χ4v) is 2.80. The minimum atomic E-state index is 0.0974. The van der Waals surface area contributed by atoms with E-state index in [9.17, 15) is 4.79 Å². The normalized spacial score (nSPS) is 19.2. The van der Waals surface area contributed by atoms with Crippen LogP contribution in [-0.2, 0) is 4.79 Å². The van der Waals surface area contributed by atoms with Gasteiger partial charge in [0, 0.05) is 25.3 Å². The molecule has 2 heterocycles. The zero-order valence-corrected chi connectivity index (χ0v) is 13.0. The molecule has 1 saturated carbocycles. The maximum atomic E-state index is 11.9. The Kier molecular flexibility index (Phi) is 3.66. The molecule has 0 atom stereocenters. The van der Waals surface area contributed by atoms with E-state index in [2.05, 4.69) is 36.1 Å². The SMILES string of the molecule is CSc1ncc(Br)c(N2CC(C(=O)NC3CC3)C2)n1. The van der Waals surface area contributed by atoms with Crippen molar-refractivity contribution < 1.29 is 4.79 Å². The van der Waals surface area contributed by atoms with Gasteiger partial charge in [0.25, 0.3) is 0 Å². The van der Waals surface area contributed by atoms with Crippen molar-refractivity contribution in [3.05, 3.63) is 10.7 Å². The lowest BCUT2D eigenvalue weighted by Crippen LogP contribution is -2.54. The molecule has 0 aromatic carbocycles. The molecule has 0 bridgehead atoms. The van der Waals surface area contributed by atoms with E-state index in [1.54, 1.807) is 6.20 Å². The first-order valence-electron chi connectivity index (χ1n) is 6.29. The summed E-state index contributed by atoms with van der Waals surface area (Å²) in [5.74, 6) is 1.17. The number of thioether (sulfide) groups is 1. The van der Waals surface area contributed by atoms with E-state index in [1.807, 2.05) is 6.26 Å². The van der Waals surface area contributed by atoms with Gasteiger partial charge < -0.3 is 10.2 Å². The molecule has 3 rings (SSSR count). The molecule has 1 amide bonds. The summed E-state index contributed by atoms with van der Waals surface area (Å²) in [6.07, 6.45) is 5.99. The molecule has 1 N–H and O–H groups in total. The second kappa shape index (κ2) is 5.28. The predicted octanol–water partition coefficient (Wildman–Crippen LogP) is 1.68. The number of rotatable bonds is 4. The lowest BCUT2D eigenvalue weighted by atomic mass is 9.99. The van der Waals surface area contributed by atoms with E-state index in [0.717, 1.165) is 41.4 Å². The fourth-order valence-electron chi connectivity index (χ4n) is 2.03. The molecule has 0 unspecified atom stereocenters. The molecule has 5 nitrogen and oxygen atoms in total. The highest BCUT2D eigenvalue weighted by Crippen LogP contribution is 2.31. The van der Waals surface area contributed by atoms with Gasteiger partial charge in [0.05, 0.1) is 10.4 Å². The van der Waals surface area contributed by atoms with Crippen molar-refractivity contribution in [3.63, 3.8) is 0 Å². The Hall–Kier alpha value is -0.820. The number of hydrogen-bond donors (Lipinski definition) is 1. The molecule has 0 spiro atoms. The molecule has 7 heteroatoms. The molecule has 19 heavy (non-hydrogen) atoms.